The molecule has 2 N–H and O–H groups in total. The maximum Gasteiger partial charge on any atom is 0.193 e. The zero-order valence-electron chi connectivity index (χ0n) is 10.3. The van der Waals surface area contributed by atoms with Crippen LogP contribution >= 0.6 is 11.6 Å². The quantitative estimate of drug-likeness (QED) is 0.917. The lowest BCUT2D eigenvalue weighted by Crippen LogP contribution is -2.11. The Balaban J connectivity index is 1.91. The van der Waals surface area contributed by atoms with Crippen LogP contribution in [-0.2, 0) is 0 Å². The van der Waals surface area contributed by atoms with E-state index in [9.17, 15) is 0 Å². The fraction of sp³-hybridized carbons (Fsp3) is 0.286. The lowest BCUT2D eigenvalue weighted by atomic mass is 10.0. The summed E-state index contributed by atoms with van der Waals surface area (Å²) in [6.45, 7) is 1.32. The molecule has 0 amide bonds. The van der Waals surface area contributed by atoms with Gasteiger partial charge < -0.3 is 19.6 Å². The van der Waals surface area contributed by atoms with Crippen molar-refractivity contribution in [3.05, 3.63) is 46.9 Å². The smallest absolute Gasteiger partial charge is 0.193 e. The van der Waals surface area contributed by atoms with Gasteiger partial charge in [-0.25, -0.2) is 0 Å². The molecule has 1 aromatic heterocycles. The largest absolute Gasteiger partial charge is 0.490 e. The highest BCUT2D eigenvalue weighted by Crippen LogP contribution is 2.33. The molecule has 100 valence electrons. The van der Waals surface area contributed by atoms with Crippen molar-refractivity contribution in [2.24, 2.45) is 5.73 Å². The highest BCUT2D eigenvalue weighted by atomic mass is 35.5. The van der Waals surface area contributed by atoms with E-state index in [1.165, 1.54) is 0 Å². The van der Waals surface area contributed by atoms with Gasteiger partial charge in [-0.3, -0.25) is 0 Å². The van der Waals surface area contributed by atoms with Crippen LogP contribution in [0.5, 0.6) is 11.5 Å². The number of hydrogen-bond donors (Lipinski definition) is 1. The number of rotatable bonds is 2. The number of furan rings is 1. The zero-order valence-corrected chi connectivity index (χ0v) is 11.0. The predicted molar refractivity (Wildman–Crippen MR) is 71.8 cm³/mol. The van der Waals surface area contributed by atoms with Crippen molar-refractivity contribution in [3.63, 3.8) is 0 Å². The Morgan fingerprint density at radius 3 is 2.58 bits per heavy atom. The van der Waals surface area contributed by atoms with E-state index in [1.807, 2.05) is 18.2 Å². The first-order chi connectivity index (χ1) is 9.24. The molecule has 2 heterocycles. The molecule has 0 aliphatic carbocycles. The van der Waals surface area contributed by atoms with Crippen molar-refractivity contribution in [1.29, 1.82) is 0 Å². The number of fused-ring (bicyclic) bond motifs is 1. The Morgan fingerprint density at radius 2 is 1.84 bits per heavy atom. The molecule has 0 radical (unpaired) electrons. The molecule has 0 bridgehead atoms. The molecule has 1 atom stereocenters. The second-order valence-corrected chi connectivity index (χ2v) is 4.75. The van der Waals surface area contributed by atoms with Crippen molar-refractivity contribution in [1.82, 2.24) is 0 Å². The first kappa shape index (κ1) is 12.4. The van der Waals surface area contributed by atoms with Gasteiger partial charge in [-0.1, -0.05) is 6.07 Å². The van der Waals surface area contributed by atoms with Crippen LogP contribution in [-0.4, -0.2) is 13.2 Å². The van der Waals surface area contributed by atoms with Gasteiger partial charge in [-0.15, -0.1) is 0 Å². The van der Waals surface area contributed by atoms with Gasteiger partial charge in [0.2, 0.25) is 0 Å². The molecule has 1 aliphatic heterocycles. The summed E-state index contributed by atoms with van der Waals surface area (Å²) < 4.78 is 16.6. The molecule has 0 saturated carbocycles. The van der Waals surface area contributed by atoms with Gasteiger partial charge in [-0.2, -0.15) is 0 Å². The summed E-state index contributed by atoms with van der Waals surface area (Å²) in [7, 11) is 0. The van der Waals surface area contributed by atoms with Crippen LogP contribution < -0.4 is 15.2 Å². The van der Waals surface area contributed by atoms with Crippen LogP contribution in [0, 0.1) is 0 Å². The van der Waals surface area contributed by atoms with Gasteiger partial charge in [0.25, 0.3) is 0 Å². The van der Waals surface area contributed by atoms with E-state index < -0.39 is 0 Å². The zero-order chi connectivity index (χ0) is 13.2. The van der Waals surface area contributed by atoms with E-state index in [0.29, 0.717) is 24.2 Å². The van der Waals surface area contributed by atoms with Gasteiger partial charge in [0.05, 0.1) is 19.3 Å². The molecule has 5 heteroatoms. The fourth-order valence-electron chi connectivity index (χ4n) is 2.03. The van der Waals surface area contributed by atoms with Crippen molar-refractivity contribution in [2.75, 3.05) is 13.2 Å². The summed E-state index contributed by atoms with van der Waals surface area (Å²) >= 11 is 5.76. The molecule has 2 aromatic rings. The average Bonchev–Trinajstić information content (AvgIpc) is 2.72. The third-order valence-corrected chi connectivity index (χ3v) is 3.23. The molecular formula is C14H14ClNO3. The summed E-state index contributed by atoms with van der Waals surface area (Å²) in [6, 6.07) is 8.76. The normalized spacial score (nSPS) is 15.9. The highest BCUT2D eigenvalue weighted by Gasteiger charge is 2.17. The molecule has 19 heavy (non-hydrogen) atoms. The van der Waals surface area contributed by atoms with Crippen LogP contribution in [0.2, 0.25) is 5.22 Å². The molecule has 1 unspecified atom stereocenters. The first-order valence-corrected chi connectivity index (χ1v) is 6.52. The van der Waals surface area contributed by atoms with Crippen LogP contribution in [0.25, 0.3) is 0 Å². The minimum atomic E-state index is -0.371. The van der Waals surface area contributed by atoms with Gasteiger partial charge in [-0.05, 0) is 41.4 Å². The molecular weight excluding hydrogens is 266 g/mol. The van der Waals surface area contributed by atoms with E-state index in [1.54, 1.807) is 12.1 Å². The van der Waals surface area contributed by atoms with Crippen LogP contribution in [0.3, 0.4) is 0 Å². The Labute approximate surface area is 116 Å². The fourth-order valence-corrected chi connectivity index (χ4v) is 2.19. The Morgan fingerprint density at radius 1 is 1.05 bits per heavy atom. The molecule has 1 aliphatic rings. The second kappa shape index (κ2) is 5.15. The predicted octanol–water partition coefficient (Wildman–Crippen LogP) is 3.14. The third-order valence-electron chi connectivity index (χ3n) is 3.03. The monoisotopic (exact) mass is 279 g/mol. The van der Waals surface area contributed by atoms with Crippen LogP contribution in [0.15, 0.2) is 34.7 Å². The Hall–Kier alpha value is -1.65. The number of hydrogen-bond acceptors (Lipinski definition) is 4. The average molecular weight is 280 g/mol. The molecule has 0 spiro atoms. The molecule has 3 rings (SSSR count). The van der Waals surface area contributed by atoms with E-state index in [2.05, 4.69) is 0 Å². The second-order valence-electron chi connectivity index (χ2n) is 4.38. The molecule has 4 nitrogen and oxygen atoms in total. The third kappa shape index (κ3) is 2.55. The van der Waals surface area contributed by atoms with Gasteiger partial charge in [0.1, 0.15) is 5.76 Å². The number of halogens is 1. The number of ether oxygens (including phenoxy) is 2. The number of benzene rings is 1. The lowest BCUT2D eigenvalue weighted by molar-refractivity contribution is 0.297. The topological polar surface area (TPSA) is 57.6 Å². The van der Waals surface area contributed by atoms with Gasteiger partial charge in [0.15, 0.2) is 16.7 Å². The van der Waals surface area contributed by atoms with Crippen molar-refractivity contribution in [2.45, 2.75) is 12.5 Å². The highest BCUT2D eigenvalue weighted by molar-refractivity contribution is 6.28. The summed E-state index contributed by atoms with van der Waals surface area (Å²) in [5.41, 5.74) is 7.05. The van der Waals surface area contributed by atoms with E-state index in [0.717, 1.165) is 23.5 Å². The molecule has 0 fully saturated rings. The molecule has 1 aromatic carbocycles. The number of nitrogens with two attached hydrogens (primary N) is 1. The lowest BCUT2D eigenvalue weighted by Gasteiger charge is -2.13. The minimum Gasteiger partial charge on any atom is -0.490 e. The molecule has 0 saturated heterocycles. The summed E-state index contributed by atoms with van der Waals surface area (Å²) in [6.07, 6.45) is 0.879. The van der Waals surface area contributed by atoms with E-state index >= 15 is 0 Å². The standard InChI is InChI=1S/C14H14ClNO3/c15-13-5-4-11(19-13)14(16)9-2-3-10-12(8-9)18-7-1-6-17-10/h2-5,8,14H,1,6-7,16H2. The van der Waals surface area contributed by atoms with Crippen molar-refractivity contribution in [3.8, 4) is 11.5 Å². The Kier molecular flexibility index (Phi) is 3.36. The van der Waals surface area contributed by atoms with Crippen molar-refractivity contribution < 1.29 is 13.9 Å². The first-order valence-electron chi connectivity index (χ1n) is 6.14. The summed E-state index contributed by atoms with van der Waals surface area (Å²) in [5.74, 6) is 2.11. The van der Waals surface area contributed by atoms with Crippen LogP contribution in [0.1, 0.15) is 23.8 Å². The summed E-state index contributed by atoms with van der Waals surface area (Å²) in [4.78, 5) is 0. The van der Waals surface area contributed by atoms with Crippen molar-refractivity contribution >= 4 is 11.6 Å². The van der Waals surface area contributed by atoms with Gasteiger partial charge >= 0.3 is 0 Å². The van der Waals surface area contributed by atoms with Gasteiger partial charge in [0, 0.05) is 6.42 Å². The maximum atomic E-state index is 6.15. The minimum absolute atomic E-state index is 0.333. The maximum absolute atomic E-state index is 6.15. The Bertz CT molecular complexity index is 582. The van der Waals surface area contributed by atoms with Crippen LogP contribution in [0.4, 0.5) is 0 Å². The van der Waals surface area contributed by atoms with E-state index in [4.69, 9.17) is 31.2 Å². The van der Waals surface area contributed by atoms with E-state index in [-0.39, 0.29) is 6.04 Å². The summed E-state index contributed by atoms with van der Waals surface area (Å²) in [5, 5.41) is 0.333. The SMILES string of the molecule is NC(c1ccc2c(c1)OCCCO2)c1ccc(Cl)o1.